The van der Waals surface area contributed by atoms with E-state index in [9.17, 15) is 4.79 Å². The van der Waals surface area contributed by atoms with Crippen LogP contribution in [-0.2, 0) is 6.61 Å². The van der Waals surface area contributed by atoms with Crippen molar-refractivity contribution in [1.29, 1.82) is 0 Å². The SMILES string of the molecule is NC(=O)c1cc(Cl)ccc1OCc1ccccc1Cl. The van der Waals surface area contributed by atoms with Crippen LogP contribution in [-0.4, -0.2) is 5.91 Å². The first kappa shape index (κ1) is 13.7. The van der Waals surface area contributed by atoms with Gasteiger partial charge in [-0.25, -0.2) is 0 Å². The highest BCUT2D eigenvalue weighted by Crippen LogP contribution is 2.24. The second-order valence-electron chi connectivity index (χ2n) is 3.88. The maximum atomic E-state index is 11.3. The van der Waals surface area contributed by atoms with Crippen molar-refractivity contribution in [3.63, 3.8) is 0 Å². The monoisotopic (exact) mass is 295 g/mol. The zero-order chi connectivity index (χ0) is 13.8. The van der Waals surface area contributed by atoms with E-state index in [-0.39, 0.29) is 12.2 Å². The third-order valence-corrected chi connectivity index (χ3v) is 3.15. The van der Waals surface area contributed by atoms with Crippen LogP contribution in [0, 0.1) is 0 Å². The van der Waals surface area contributed by atoms with Gasteiger partial charge in [0, 0.05) is 15.6 Å². The summed E-state index contributed by atoms with van der Waals surface area (Å²) < 4.78 is 5.58. The lowest BCUT2D eigenvalue weighted by Crippen LogP contribution is -2.13. The van der Waals surface area contributed by atoms with Gasteiger partial charge in [0.2, 0.25) is 0 Å². The molecule has 0 saturated carbocycles. The van der Waals surface area contributed by atoms with Crippen LogP contribution in [0.3, 0.4) is 0 Å². The maximum Gasteiger partial charge on any atom is 0.252 e. The molecule has 0 aliphatic heterocycles. The van der Waals surface area contributed by atoms with Crippen molar-refractivity contribution in [3.8, 4) is 5.75 Å². The number of primary amides is 1. The lowest BCUT2D eigenvalue weighted by atomic mass is 10.2. The minimum absolute atomic E-state index is 0.250. The summed E-state index contributed by atoms with van der Waals surface area (Å²) in [5.41, 5.74) is 6.36. The quantitative estimate of drug-likeness (QED) is 0.935. The largest absolute Gasteiger partial charge is 0.488 e. The van der Waals surface area contributed by atoms with Gasteiger partial charge in [0.1, 0.15) is 12.4 Å². The Morgan fingerprint density at radius 1 is 1.16 bits per heavy atom. The number of benzene rings is 2. The Morgan fingerprint density at radius 3 is 2.58 bits per heavy atom. The minimum atomic E-state index is -0.586. The van der Waals surface area contributed by atoms with E-state index < -0.39 is 5.91 Å². The molecule has 2 N–H and O–H groups in total. The van der Waals surface area contributed by atoms with Crippen molar-refractivity contribution >= 4 is 29.1 Å². The van der Waals surface area contributed by atoms with Gasteiger partial charge in [0.05, 0.1) is 5.56 Å². The van der Waals surface area contributed by atoms with E-state index in [0.29, 0.717) is 15.8 Å². The summed E-state index contributed by atoms with van der Waals surface area (Å²) in [4.78, 5) is 11.3. The molecule has 3 nitrogen and oxygen atoms in total. The van der Waals surface area contributed by atoms with Crippen molar-refractivity contribution in [2.75, 3.05) is 0 Å². The van der Waals surface area contributed by atoms with Crippen LogP contribution in [0.1, 0.15) is 15.9 Å². The van der Waals surface area contributed by atoms with Gasteiger partial charge in [-0.2, -0.15) is 0 Å². The molecule has 2 aromatic rings. The van der Waals surface area contributed by atoms with Crippen LogP contribution in [0.5, 0.6) is 5.75 Å². The van der Waals surface area contributed by atoms with E-state index in [1.165, 1.54) is 6.07 Å². The average Bonchev–Trinajstić information content (AvgIpc) is 2.38. The van der Waals surface area contributed by atoms with E-state index in [1.54, 1.807) is 18.2 Å². The van der Waals surface area contributed by atoms with Crippen molar-refractivity contribution in [2.24, 2.45) is 5.73 Å². The normalized spacial score (nSPS) is 10.2. The third kappa shape index (κ3) is 3.40. The number of nitrogens with two attached hydrogens (primary N) is 1. The number of halogens is 2. The lowest BCUT2D eigenvalue weighted by Gasteiger charge is -2.10. The van der Waals surface area contributed by atoms with E-state index in [0.717, 1.165) is 5.56 Å². The second-order valence-corrected chi connectivity index (χ2v) is 4.73. The molecule has 0 saturated heterocycles. The Bertz CT molecular complexity index is 614. The van der Waals surface area contributed by atoms with Crippen LogP contribution >= 0.6 is 23.2 Å². The topological polar surface area (TPSA) is 52.3 Å². The smallest absolute Gasteiger partial charge is 0.252 e. The summed E-state index contributed by atoms with van der Waals surface area (Å²) in [5.74, 6) is -0.200. The van der Waals surface area contributed by atoms with Gasteiger partial charge in [0.15, 0.2) is 0 Å². The Balaban J connectivity index is 2.20. The van der Waals surface area contributed by atoms with Crippen molar-refractivity contribution in [2.45, 2.75) is 6.61 Å². The summed E-state index contributed by atoms with van der Waals surface area (Å²) in [6.07, 6.45) is 0. The Hall–Kier alpha value is -1.71. The van der Waals surface area contributed by atoms with Gasteiger partial charge in [-0.1, -0.05) is 41.4 Å². The minimum Gasteiger partial charge on any atom is -0.488 e. The van der Waals surface area contributed by atoms with E-state index in [4.69, 9.17) is 33.7 Å². The molecule has 0 bridgehead atoms. The molecule has 0 heterocycles. The predicted octanol–water partition coefficient (Wildman–Crippen LogP) is 3.67. The molecule has 0 aromatic heterocycles. The Kier molecular flexibility index (Phi) is 4.30. The highest BCUT2D eigenvalue weighted by atomic mass is 35.5. The van der Waals surface area contributed by atoms with Gasteiger partial charge in [-0.15, -0.1) is 0 Å². The first-order valence-corrected chi connectivity index (χ1v) is 6.29. The van der Waals surface area contributed by atoms with Gasteiger partial charge in [-0.3, -0.25) is 4.79 Å². The van der Waals surface area contributed by atoms with Crippen molar-refractivity contribution in [1.82, 2.24) is 0 Å². The molecular weight excluding hydrogens is 285 g/mol. The molecule has 2 aromatic carbocycles. The molecule has 1 amide bonds. The standard InChI is InChI=1S/C14H11Cl2NO2/c15-10-5-6-13(11(7-10)14(17)18)19-8-9-3-1-2-4-12(9)16/h1-7H,8H2,(H2,17,18). The first-order chi connectivity index (χ1) is 9.08. The molecule has 0 unspecified atom stereocenters. The highest BCUT2D eigenvalue weighted by molar-refractivity contribution is 6.31. The number of carbonyl (C=O) groups is 1. The number of rotatable bonds is 4. The number of hydrogen-bond acceptors (Lipinski definition) is 2. The Labute approximate surface area is 120 Å². The molecule has 0 radical (unpaired) electrons. The van der Waals surface area contributed by atoms with Crippen molar-refractivity contribution in [3.05, 3.63) is 63.6 Å². The van der Waals surface area contributed by atoms with E-state index >= 15 is 0 Å². The summed E-state index contributed by atoms with van der Waals surface area (Å²) in [6.45, 7) is 0.252. The number of amides is 1. The fraction of sp³-hybridized carbons (Fsp3) is 0.0714. The number of ether oxygens (including phenoxy) is 1. The second kappa shape index (κ2) is 5.95. The molecule has 98 valence electrons. The summed E-state index contributed by atoms with van der Waals surface area (Å²) in [7, 11) is 0. The number of hydrogen-bond donors (Lipinski definition) is 1. The van der Waals surface area contributed by atoms with Crippen LogP contribution in [0.2, 0.25) is 10.0 Å². The molecule has 19 heavy (non-hydrogen) atoms. The predicted molar refractivity (Wildman–Crippen MR) is 75.8 cm³/mol. The highest BCUT2D eigenvalue weighted by Gasteiger charge is 2.11. The summed E-state index contributed by atoms with van der Waals surface area (Å²) >= 11 is 11.8. The third-order valence-electron chi connectivity index (χ3n) is 2.55. The molecule has 0 aliphatic carbocycles. The van der Waals surface area contributed by atoms with Crippen LogP contribution in [0.25, 0.3) is 0 Å². The van der Waals surface area contributed by atoms with Gasteiger partial charge in [-0.05, 0) is 24.3 Å². The molecule has 0 aliphatic rings. The van der Waals surface area contributed by atoms with E-state index in [1.807, 2.05) is 18.2 Å². The summed E-state index contributed by atoms with van der Waals surface area (Å²) in [5, 5.41) is 1.04. The molecule has 2 rings (SSSR count). The molecular formula is C14H11Cl2NO2. The molecule has 0 atom stereocenters. The average molecular weight is 296 g/mol. The molecule has 5 heteroatoms. The van der Waals surface area contributed by atoms with Crippen LogP contribution < -0.4 is 10.5 Å². The van der Waals surface area contributed by atoms with Crippen LogP contribution in [0.15, 0.2) is 42.5 Å². The Morgan fingerprint density at radius 2 is 1.89 bits per heavy atom. The fourth-order valence-corrected chi connectivity index (χ4v) is 1.95. The molecule has 0 spiro atoms. The van der Waals surface area contributed by atoms with Gasteiger partial charge < -0.3 is 10.5 Å². The maximum absolute atomic E-state index is 11.3. The number of carbonyl (C=O) groups excluding carboxylic acids is 1. The van der Waals surface area contributed by atoms with Gasteiger partial charge >= 0.3 is 0 Å². The lowest BCUT2D eigenvalue weighted by molar-refractivity contribution is 0.0996. The van der Waals surface area contributed by atoms with E-state index in [2.05, 4.69) is 0 Å². The fourth-order valence-electron chi connectivity index (χ4n) is 1.59. The molecule has 0 fully saturated rings. The summed E-state index contributed by atoms with van der Waals surface area (Å²) in [6, 6.07) is 12.0. The zero-order valence-corrected chi connectivity index (χ0v) is 11.4. The van der Waals surface area contributed by atoms with Gasteiger partial charge in [0.25, 0.3) is 5.91 Å². The van der Waals surface area contributed by atoms with Crippen LogP contribution in [0.4, 0.5) is 0 Å². The van der Waals surface area contributed by atoms with Crippen molar-refractivity contribution < 1.29 is 9.53 Å². The zero-order valence-electron chi connectivity index (χ0n) is 9.90. The first-order valence-electron chi connectivity index (χ1n) is 5.53.